The molecule has 1 aliphatic carbocycles. The van der Waals surface area contributed by atoms with Crippen molar-refractivity contribution in [1.82, 2.24) is 14.8 Å². The van der Waals surface area contributed by atoms with Crippen LogP contribution in [0.3, 0.4) is 0 Å². The number of aromatic nitrogens is 3. The molecule has 1 aromatic heterocycles. The van der Waals surface area contributed by atoms with Crippen molar-refractivity contribution >= 4 is 23.5 Å². The van der Waals surface area contributed by atoms with Gasteiger partial charge in [-0.15, -0.1) is 5.10 Å². The van der Waals surface area contributed by atoms with E-state index in [1.165, 1.54) is 11.8 Å². The minimum atomic E-state index is 0.199. The Hall–Kier alpha value is -1.30. The predicted octanol–water partition coefficient (Wildman–Crippen LogP) is 1.04. The van der Waals surface area contributed by atoms with Crippen molar-refractivity contribution in [2.45, 2.75) is 24.5 Å². The fourth-order valence-corrected chi connectivity index (χ4v) is 2.29. The Morgan fingerprint density at radius 2 is 2.33 bits per heavy atom. The number of ketones is 1. The fourth-order valence-electron chi connectivity index (χ4n) is 1.93. The Kier molecular flexibility index (Phi) is 1.85. The molecular formula is C9H10N4OS. The van der Waals surface area contributed by atoms with Crippen LogP contribution in [-0.2, 0) is 11.3 Å². The molecule has 0 bridgehead atoms. The Morgan fingerprint density at radius 1 is 1.47 bits per heavy atom. The van der Waals surface area contributed by atoms with Gasteiger partial charge in [0.1, 0.15) is 0 Å². The second-order valence-electron chi connectivity index (χ2n) is 3.61. The average Bonchev–Trinajstić information content (AvgIpc) is 2.79. The minimum Gasteiger partial charge on any atom is -0.321 e. The van der Waals surface area contributed by atoms with Crippen LogP contribution in [0.25, 0.3) is 0 Å². The van der Waals surface area contributed by atoms with Crippen molar-refractivity contribution in [1.29, 1.82) is 0 Å². The van der Waals surface area contributed by atoms with Gasteiger partial charge in [0.25, 0.3) is 0 Å². The summed E-state index contributed by atoms with van der Waals surface area (Å²) >= 11 is 1.50. The Morgan fingerprint density at radius 3 is 3.13 bits per heavy atom. The van der Waals surface area contributed by atoms with E-state index in [1.807, 2.05) is 10.9 Å². The number of nitrogens with one attached hydrogen (secondary N) is 1. The van der Waals surface area contributed by atoms with E-state index in [1.54, 1.807) is 0 Å². The third-order valence-corrected chi connectivity index (χ3v) is 3.24. The van der Waals surface area contributed by atoms with Crippen LogP contribution >= 0.6 is 11.8 Å². The molecular weight excluding hydrogens is 212 g/mol. The molecule has 0 fully saturated rings. The summed E-state index contributed by atoms with van der Waals surface area (Å²) in [5.41, 5.74) is 1.91. The van der Waals surface area contributed by atoms with Gasteiger partial charge in [0.2, 0.25) is 11.1 Å². The average molecular weight is 222 g/mol. The van der Waals surface area contributed by atoms with E-state index >= 15 is 0 Å². The van der Waals surface area contributed by atoms with Crippen LogP contribution in [0.2, 0.25) is 0 Å². The Bertz CT molecular complexity index is 476. The van der Waals surface area contributed by atoms with Crippen molar-refractivity contribution in [3.8, 4) is 0 Å². The first-order valence-electron chi connectivity index (χ1n) is 4.79. The summed E-state index contributed by atoms with van der Waals surface area (Å²) in [5, 5.41) is 8.13. The maximum absolute atomic E-state index is 11.5. The van der Waals surface area contributed by atoms with Gasteiger partial charge >= 0.3 is 0 Å². The van der Waals surface area contributed by atoms with Gasteiger partial charge in [-0.25, -0.2) is 4.68 Å². The normalized spacial score (nSPS) is 18.9. The van der Waals surface area contributed by atoms with Gasteiger partial charge in [0.05, 0.1) is 12.2 Å². The van der Waals surface area contributed by atoms with Gasteiger partial charge in [0, 0.05) is 6.42 Å². The van der Waals surface area contributed by atoms with Crippen LogP contribution in [0.15, 0.2) is 16.4 Å². The highest BCUT2D eigenvalue weighted by Gasteiger charge is 2.29. The Balaban J connectivity index is 1.99. The molecule has 2 heterocycles. The molecule has 1 aromatic rings. The van der Waals surface area contributed by atoms with Crippen LogP contribution in [0.5, 0.6) is 0 Å². The van der Waals surface area contributed by atoms with E-state index in [0.29, 0.717) is 18.9 Å². The Labute approximate surface area is 90.9 Å². The molecule has 0 atom stereocenters. The standard InChI is InChI=1S/C9H10N4OS/c1-15-9-11-8-10-7-5(2-3-6(7)14)4-13(8)12-9/h2-4H2,1H3,(H,10,11,12). The lowest BCUT2D eigenvalue weighted by Crippen LogP contribution is -2.19. The molecule has 1 N–H and O–H groups in total. The maximum atomic E-state index is 11.5. The van der Waals surface area contributed by atoms with E-state index < -0.39 is 0 Å². The molecule has 0 saturated carbocycles. The smallest absolute Gasteiger partial charge is 0.227 e. The predicted molar refractivity (Wildman–Crippen MR) is 56.7 cm³/mol. The lowest BCUT2D eigenvalue weighted by atomic mass is 10.2. The summed E-state index contributed by atoms with van der Waals surface area (Å²) in [6.45, 7) is 0.705. The number of thioether (sulfide) groups is 1. The summed E-state index contributed by atoms with van der Waals surface area (Å²) in [6.07, 6.45) is 3.42. The highest BCUT2D eigenvalue weighted by Crippen LogP contribution is 2.30. The number of anilines is 1. The minimum absolute atomic E-state index is 0.199. The molecule has 78 valence electrons. The quantitative estimate of drug-likeness (QED) is 0.719. The van der Waals surface area contributed by atoms with Crippen LogP contribution in [0, 0.1) is 0 Å². The topological polar surface area (TPSA) is 59.8 Å². The van der Waals surface area contributed by atoms with Gasteiger partial charge < -0.3 is 5.32 Å². The number of fused-ring (bicyclic) bond motifs is 1. The zero-order valence-corrected chi connectivity index (χ0v) is 9.10. The van der Waals surface area contributed by atoms with Crippen LogP contribution in [0.1, 0.15) is 12.8 Å². The molecule has 0 radical (unpaired) electrons. The fraction of sp³-hybridized carbons (Fsp3) is 0.444. The van der Waals surface area contributed by atoms with Crippen LogP contribution in [-0.4, -0.2) is 26.8 Å². The first kappa shape index (κ1) is 8.96. The summed E-state index contributed by atoms with van der Waals surface area (Å²) in [6, 6.07) is 0. The van der Waals surface area contributed by atoms with E-state index in [4.69, 9.17) is 0 Å². The zero-order chi connectivity index (χ0) is 10.4. The number of hydrogen-bond donors (Lipinski definition) is 1. The number of carbonyl (C=O) groups excluding carboxylic acids is 1. The van der Waals surface area contributed by atoms with Crippen molar-refractivity contribution in [3.63, 3.8) is 0 Å². The monoisotopic (exact) mass is 222 g/mol. The number of allylic oxidation sites excluding steroid dienone is 2. The molecule has 0 amide bonds. The van der Waals surface area contributed by atoms with Crippen LogP contribution < -0.4 is 5.32 Å². The van der Waals surface area contributed by atoms with Gasteiger partial charge in [-0.2, -0.15) is 4.98 Å². The van der Waals surface area contributed by atoms with Crippen LogP contribution in [0.4, 0.5) is 5.95 Å². The van der Waals surface area contributed by atoms with E-state index in [0.717, 1.165) is 22.8 Å². The van der Waals surface area contributed by atoms with Crippen molar-refractivity contribution in [2.75, 3.05) is 11.6 Å². The summed E-state index contributed by atoms with van der Waals surface area (Å²) < 4.78 is 1.82. The number of nitrogens with zero attached hydrogens (tertiary/aromatic N) is 3. The highest BCUT2D eigenvalue weighted by atomic mass is 32.2. The molecule has 2 aliphatic rings. The molecule has 0 aromatic carbocycles. The first-order chi connectivity index (χ1) is 7.28. The molecule has 1 aliphatic heterocycles. The highest BCUT2D eigenvalue weighted by molar-refractivity contribution is 7.98. The SMILES string of the molecule is CSc1nc2n(n1)CC1=C(N2)C(=O)CC1. The van der Waals surface area contributed by atoms with Gasteiger partial charge in [0.15, 0.2) is 5.78 Å². The largest absolute Gasteiger partial charge is 0.321 e. The first-order valence-corrected chi connectivity index (χ1v) is 6.01. The zero-order valence-electron chi connectivity index (χ0n) is 8.28. The van der Waals surface area contributed by atoms with E-state index in [2.05, 4.69) is 15.4 Å². The summed E-state index contributed by atoms with van der Waals surface area (Å²) in [5.74, 6) is 0.887. The van der Waals surface area contributed by atoms with Crippen molar-refractivity contribution in [2.24, 2.45) is 0 Å². The third-order valence-electron chi connectivity index (χ3n) is 2.70. The number of Topliss-reactive ketones (excluding diaryl/α,β-unsaturated/α-hetero) is 1. The number of carbonyl (C=O) groups is 1. The van der Waals surface area contributed by atoms with E-state index in [-0.39, 0.29) is 5.78 Å². The molecule has 0 saturated heterocycles. The van der Waals surface area contributed by atoms with Gasteiger partial charge in [-0.3, -0.25) is 4.79 Å². The molecule has 5 nitrogen and oxygen atoms in total. The number of rotatable bonds is 1. The molecule has 0 spiro atoms. The van der Waals surface area contributed by atoms with E-state index in [9.17, 15) is 4.79 Å². The number of hydrogen-bond acceptors (Lipinski definition) is 5. The summed E-state index contributed by atoms with van der Waals surface area (Å²) in [4.78, 5) is 15.8. The third kappa shape index (κ3) is 1.28. The second-order valence-corrected chi connectivity index (χ2v) is 4.38. The molecule has 15 heavy (non-hydrogen) atoms. The molecule has 3 rings (SSSR count). The molecule has 6 heteroatoms. The van der Waals surface area contributed by atoms with Gasteiger partial charge in [-0.05, 0) is 18.2 Å². The van der Waals surface area contributed by atoms with Crippen molar-refractivity contribution < 1.29 is 4.79 Å². The second kappa shape index (κ2) is 3.10. The lowest BCUT2D eigenvalue weighted by Gasteiger charge is -2.15. The maximum Gasteiger partial charge on any atom is 0.227 e. The van der Waals surface area contributed by atoms with Crippen molar-refractivity contribution in [3.05, 3.63) is 11.3 Å². The van der Waals surface area contributed by atoms with Gasteiger partial charge in [-0.1, -0.05) is 11.8 Å². The summed E-state index contributed by atoms with van der Waals surface area (Å²) in [7, 11) is 0. The lowest BCUT2D eigenvalue weighted by molar-refractivity contribution is -0.114. The molecule has 0 unspecified atom stereocenters.